The standard InChI is InChI=1S/C13H15ClO4/c1-16-12-9-10(4-6-13(15)17-2)3-5-11(12)18-8-7-14/h3-6,9H,7-8H2,1-2H3/b6-4+. The van der Waals surface area contributed by atoms with Crippen molar-refractivity contribution in [2.45, 2.75) is 0 Å². The molecule has 0 aliphatic heterocycles. The van der Waals surface area contributed by atoms with Crippen molar-refractivity contribution in [1.82, 2.24) is 0 Å². The van der Waals surface area contributed by atoms with Crippen LogP contribution in [0.1, 0.15) is 5.56 Å². The van der Waals surface area contributed by atoms with E-state index in [9.17, 15) is 4.79 Å². The number of methoxy groups -OCH3 is 2. The first kappa shape index (κ1) is 14.4. The summed E-state index contributed by atoms with van der Waals surface area (Å²) in [7, 11) is 2.88. The summed E-state index contributed by atoms with van der Waals surface area (Å²) in [5.74, 6) is 1.21. The third-order valence-electron chi connectivity index (χ3n) is 2.14. The van der Waals surface area contributed by atoms with Crippen molar-refractivity contribution >= 4 is 23.6 Å². The minimum absolute atomic E-state index is 0.406. The van der Waals surface area contributed by atoms with Gasteiger partial charge in [0.1, 0.15) is 6.61 Å². The van der Waals surface area contributed by atoms with Gasteiger partial charge in [0.25, 0.3) is 0 Å². The number of alkyl halides is 1. The molecule has 98 valence electrons. The number of halogens is 1. The highest BCUT2D eigenvalue weighted by molar-refractivity contribution is 6.18. The smallest absolute Gasteiger partial charge is 0.330 e. The molecule has 0 aromatic heterocycles. The van der Waals surface area contributed by atoms with Gasteiger partial charge in [0, 0.05) is 6.08 Å². The fourth-order valence-corrected chi connectivity index (χ4v) is 1.37. The number of hydrogen-bond donors (Lipinski definition) is 0. The number of ether oxygens (including phenoxy) is 3. The maximum atomic E-state index is 11.0. The van der Waals surface area contributed by atoms with Crippen molar-refractivity contribution in [2.24, 2.45) is 0 Å². The predicted octanol–water partition coefficient (Wildman–Crippen LogP) is 2.50. The van der Waals surface area contributed by atoms with Gasteiger partial charge in [-0.2, -0.15) is 0 Å². The van der Waals surface area contributed by atoms with Crippen molar-refractivity contribution in [2.75, 3.05) is 26.7 Å². The van der Waals surface area contributed by atoms with Gasteiger partial charge in [-0.1, -0.05) is 6.07 Å². The van der Waals surface area contributed by atoms with Crippen molar-refractivity contribution in [3.63, 3.8) is 0 Å². The summed E-state index contributed by atoms with van der Waals surface area (Å²) in [6.45, 7) is 0.412. The van der Waals surface area contributed by atoms with E-state index in [1.54, 1.807) is 25.3 Å². The average molecular weight is 271 g/mol. The van der Waals surface area contributed by atoms with Gasteiger partial charge in [-0.15, -0.1) is 11.6 Å². The predicted molar refractivity (Wildman–Crippen MR) is 70.3 cm³/mol. The van der Waals surface area contributed by atoms with E-state index in [0.717, 1.165) is 5.56 Å². The lowest BCUT2D eigenvalue weighted by atomic mass is 10.2. The summed E-state index contributed by atoms with van der Waals surface area (Å²) in [4.78, 5) is 11.0. The van der Waals surface area contributed by atoms with Crippen molar-refractivity contribution in [3.05, 3.63) is 29.8 Å². The topological polar surface area (TPSA) is 44.8 Å². The van der Waals surface area contributed by atoms with E-state index >= 15 is 0 Å². The van der Waals surface area contributed by atoms with Crippen molar-refractivity contribution < 1.29 is 19.0 Å². The van der Waals surface area contributed by atoms with Crippen LogP contribution in [0.15, 0.2) is 24.3 Å². The van der Waals surface area contributed by atoms with E-state index in [1.807, 2.05) is 6.07 Å². The molecule has 1 aromatic carbocycles. The molecule has 18 heavy (non-hydrogen) atoms. The van der Waals surface area contributed by atoms with Gasteiger partial charge >= 0.3 is 5.97 Å². The highest BCUT2D eigenvalue weighted by atomic mass is 35.5. The summed E-state index contributed by atoms with van der Waals surface area (Å²) < 4.78 is 15.1. The summed E-state index contributed by atoms with van der Waals surface area (Å²) in [5, 5.41) is 0. The van der Waals surface area contributed by atoms with Crippen LogP contribution in [0.4, 0.5) is 0 Å². The van der Waals surface area contributed by atoms with Crippen LogP contribution in [-0.4, -0.2) is 32.7 Å². The molecule has 0 bridgehead atoms. The van der Waals surface area contributed by atoms with Crippen LogP contribution in [0.3, 0.4) is 0 Å². The van der Waals surface area contributed by atoms with Gasteiger partial charge in [-0.05, 0) is 23.8 Å². The van der Waals surface area contributed by atoms with Crippen LogP contribution in [0.2, 0.25) is 0 Å². The van der Waals surface area contributed by atoms with Crippen LogP contribution in [-0.2, 0) is 9.53 Å². The van der Waals surface area contributed by atoms with Crippen molar-refractivity contribution in [1.29, 1.82) is 0 Å². The number of carbonyl (C=O) groups is 1. The number of esters is 1. The first-order valence-electron chi connectivity index (χ1n) is 5.34. The number of hydrogen-bond acceptors (Lipinski definition) is 4. The molecule has 0 aliphatic carbocycles. The molecule has 4 nitrogen and oxygen atoms in total. The second kappa shape index (κ2) is 7.61. The zero-order valence-corrected chi connectivity index (χ0v) is 11.1. The summed E-state index contributed by atoms with van der Waals surface area (Å²) in [6.07, 6.45) is 2.98. The monoisotopic (exact) mass is 270 g/mol. The van der Waals surface area contributed by atoms with E-state index in [1.165, 1.54) is 13.2 Å². The first-order valence-corrected chi connectivity index (χ1v) is 5.87. The Kier molecular flexibility index (Phi) is 6.08. The summed E-state index contributed by atoms with van der Waals surface area (Å²) in [5.41, 5.74) is 0.815. The fraction of sp³-hybridized carbons (Fsp3) is 0.308. The van der Waals surface area contributed by atoms with E-state index in [2.05, 4.69) is 4.74 Å². The first-order chi connectivity index (χ1) is 8.71. The number of benzene rings is 1. The van der Waals surface area contributed by atoms with Crippen molar-refractivity contribution in [3.8, 4) is 11.5 Å². The molecule has 0 unspecified atom stereocenters. The second-order valence-corrected chi connectivity index (χ2v) is 3.68. The number of rotatable bonds is 6. The zero-order chi connectivity index (χ0) is 13.4. The lowest BCUT2D eigenvalue weighted by Gasteiger charge is -2.10. The third kappa shape index (κ3) is 4.30. The third-order valence-corrected chi connectivity index (χ3v) is 2.29. The second-order valence-electron chi connectivity index (χ2n) is 3.30. The SMILES string of the molecule is COC(=O)/C=C/c1ccc(OCCCl)c(OC)c1. The van der Waals surface area contributed by atoms with Gasteiger partial charge in [0.05, 0.1) is 20.1 Å². The van der Waals surface area contributed by atoms with Crippen LogP contribution in [0.25, 0.3) is 6.08 Å². The molecular formula is C13H15ClO4. The maximum absolute atomic E-state index is 11.0. The molecular weight excluding hydrogens is 256 g/mol. The number of carbonyl (C=O) groups excluding carboxylic acids is 1. The van der Waals surface area contributed by atoms with E-state index in [-0.39, 0.29) is 0 Å². The van der Waals surface area contributed by atoms with E-state index in [4.69, 9.17) is 21.1 Å². The highest BCUT2D eigenvalue weighted by Crippen LogP contribution is 2.28. The van der Waals surface area contributed by atoms with Gasteiger partial charge in [0.15, 0.2) is 11.5 Å². The Bertz CT molecular complexity index is 429. The quantitative estimate of drug-likeness (QED) is 0.453. The van der Waals surface area contributed by atoms with Crippen LogP contribution in [0.5, 0.6) is 11.5 Å². The Morgan fingerprint density at radius 2 is 2.11 bits per heavy atom. The lowest BCUT2D eigenvalue weighted by Crippen LogP contribution is -2.00. The molecule has 0 fully saturated rings. The van der Waals surface area contributed by atoms with Crippen LogP contribution >= 0.6 is 11.6 Å². The minimum atomic E-state index is -0.406. The summed E-state index contributed by atoms with van der Waals surface area (Å²) in [6, 6.07) is 5.34. The molecule has 0 heterocycles. The average Bonchev–Trinajstić information content (AvgIpc) is 2.42. The van der Waals surface area contributed by atoms with Gasteiger partial charge in [-0.3, -0.25) is 0 Å². The Balaban J connectivity index is 2.84. The van der Waals surface area contributed by atoms with Gasteiger partial charge in [0.2, 0.25) is 0 Å². The molecule has 0 amide bonds. The van der Waals surface area contributed by atoms with Gasteiger partial charge in [-0.25, -0.2) is 4.79 Å². The Morgan fingerprint density at radius 1 is 1.33 bits per heavy atom. The molecule has 0 saturated heterocycles. The normalized spacial score (nSPS) is 10.4. The maximum Gasteiger partial charge on any atom is 0.330 e. The van der Waals surface area contributed by atoms with E-state index in [0.29, 0.717) is 24.0 Å². The van der Waals surface area contributed by atoms with Crippen LogP contribution < -0.4 is 9.47 Å². The Morgan fingerprint density at radius 3 is 2.72 bits per heavy atom. The fourth-order valence-electron chi connectivity index (χ4n) is 1.29. The Labute approximate surface area is 111 Å². The van der Waals surface area contributed by atoms with E-state index < -0.39 is 5.97 Å². The molecule has 0 spiro atoms. The summed E-state index contributed by atoms with van der Waals surface area (Å²) >= 11 is 5.55. The largest absolute Gasteiger partial charge is 0.493 e. The molecule has 0 saturated carbocycles. The van der Waals surface area contributed by atoms with Crippen LogP contribution in [0, 0.1) is 0 Å². The molecule has 0 atom stereocenters. The zero-order valence-electron chi connectivity index (χ0n) is 10.3. The minimum Gasteiger partial charge on any atom is -0.493 e. The molecule has 0 radical (unpaired) electrons. The molecule has 5 heteroatoms. The Hall–Kier alpha value is -1.68. The molecule has 0 aliphatic rings. The van der Waals surface area contributed by atoms with Gasteiger partial charge < -0.3 is 14.2 Å². The molecule has 1 rings (SSSR count). The molecule has 0 N–H and O–H groups in total. The molecule has 1 aromatic rings. The lowest BCUT2D eigenvalue weighted by molar-refractivity contribution is -0.134. The highest BCUT2D eigenvalue weighted by Gasteiger charge is 2.04.